The summed E-state index contributed by atoms with van der Waals surface area (Å²) in [5.41, 5.74) is 1.47. The zero-order valence-corrected chi connectivity index (χ0v) is 11.7. The van der Waals surface area contributed by atoms with E-state index < -0.39 is 0 Å². The molecule has 1 amide bonds. The van der Waals surface area contributed by atoms with E-state index in [-0.39, 0.29) is 17.7 Å². The van der Waals surface area contributed by atoms with Crippen LogP contribution in [0.4, 0.5) is 0 Å². The second-order valence-electron chi connectivity index (χ2n) is 4.94. The first-order valence-corrected chi connectivity index (χ1v) is 6.57. The molecule has 0 saturated heterocycles. The van der Waals surface area contributed by atoms with Gasteiger partial charge >= 0.3 is 0 Å². The quantitative estimate of drug-likeness (QED) is 0.929. The van der Waals surface area contributed by atoms with E-state index in [9.17, 15) is 9.90 Å². The van der Waals surface area contributed by atoms with Crippen LogP contribution in [0.15, 0.2) is 48.8 Å². The van der Waals surface area contributed by atoms with Crippen LogP contribution in [0.25, 0.3) is 0 Å². The van der Waals surface area contributed by atoms with Crippen LogP contribution in [0, 0.1) is 0 Å². The Labute approximate surface area is 118 Å². The van der Waals surface area contributed by atoms with Gasteiger partial charge in [-0.2, -0.15) is 0 Å². The summed E-state index contributed by atoms with van der Waals surface area (Å²) in [5, 5.41) is 9.44. The lowest BCUT2D eigenvalue weighted by atomic mass is 10.1. The molecule has 0 spiro atoms. The smallest absolute Gasteiger partial charge is 0.256 e. The van der Waals surface area contributed by atoms with Gasteiger partial charge in [0.25, 0.3) is 5.91 Å². The van der Waals surface area contributed by atoms with Crippen molar-refractivity contribution in [3.05, 3.63) is 59.9 Å². The van der Waals surface area contributed by atoms with E-state index in [4.69, 9.17) is 0 Å². The summed E-state index contributed by atoms with van der Waals surface area (Å²) in [6, 6.07) is 11.3. The van der Waals surface area contributed by atoms with Gasteiger partial charge in [0.2, 0.25) is 0 Å². The van der Waals surface area contributed by atoms with Crippen molar-refractivity contribution in [2.75, 3.05) is 0 Å². The van der Waals surface area contributed by atoms with Crippen LogP contribution in [-0.2, 0) is 6.54 Å². The van der Waals surface area contributed by atoms with Crippen LogP contribution in [0.3, 0.4) is 0 Å². The van der Waals surface area contributed by atoms with Gasteiger partial charge in [0.15, 0.2) is 0 Å². The Bertz CT molecular complexity index is 582. The summed E-state index contributed by atoms with van der Waals surface area (Å²) in [6.07, 6.45) is 2.79. The van der Waals surface area contributed by atoms with E-state index in [1.54, 1.807) is 4.90 Å². The highest BCUT2D eigenvalue weighted by atomic mass is 16.3. The number of hydrogen-bond acceptors (Lipinski definition) is 3. The molecule has 1 heterocycles. The van der Waals surface area contributed by atoms with Gasteiger partial charge in [-0.1, -0.05) is 30.3 Å². The van der Waals surface area contributed by atoms with Gasteiger partial charge in [0.05, 0.1) is 11.8 Å². The number of aromatic hydroxyl groups is 1. The van der Waals surface area contributed by atoms with Crippen LogP contribution in [0.1, 0.15) is 29.8 Å². The number of rotatable bonds is 4. The predicted molar refractivity (Wildman–Crippen MR) is 77.4 cm³/mol. The van der Waals surface area contributed by atoms with Gasteiger partial charge in [0, 0.05) is 18.8 Å². The fourth-order valence-electron chi connectivity index (χ4n) is 1.98. The van der Waals surface area contributed by atoms with E-state index in [1.165, 1.54) is 18.5 Å². The zero-order valence-electron chi connectivity index (χ0n) is 11.7. The number of hydrogen-bond donors (Lipinski definition) is 1. The normalized spacial score (nSPS) is 10.6. The van der Waals surface area contributed by atoms with Crippen molar-refractivity contribution >= 4 is 5.91 Å². The summed E-state index contributed by atoms with van der Waals surface area (Å²) in [5.74, 6) is -0.133. The highest BCUT2D eigenvalue weighted by molar-refractivity contribution is 5.94. The molecule has 0 radical (unpaired) electrons. The van der Waals surface area contributed by atoms with Crippen LogP contribution in [0.5, 0.6) is 5.75 Å². The van der Waals surface area contributed by atoms with Gasteiger partial charge in [-0.25, -0.2) is 0 Å². The standard InChI is InChI=1S/C16H18N2O2/c1-12(2)18(11-13-6-4-3-5-7-13)16(20)14-8-15(19)10-17-9-14/h3-10,12,19H,11H2,1-2H3. The van der Waals surface area contributed by atoms with Crippen molar-refractivity contribution in [3.63, 3.8) is 0 Å². The second kappa shape index (κ2) is 6.19. The Kier molecular flexibility index (Phi) is 4.35. The molecule has 104 valence electrons. The maximum Gasteiger partial charge on any atom is 0.256 e. The van der Waals surface area contributed by atoms with Gasteiger partial charge in [-0.3, -0.25) is 9.78 Å². The Morgan fingerprint density at radius 3 is 2.55 bits per heavy atom. The summed E-state index contributed by atoms with van der Waals surface area (Å²) >= 11 is 0. The van der Waals surface area contributed by atoms with Crippen molar-refractivity contribution in [1.29, 1.82) is 0 Å². The van der Waals surface area contributed by atoms with Gasteiger partial charge < -0.3 is 10.0 Å². The molecule has 0 atom stereocenters. The molecular weight excluding hydrogens is 252 g/mol. The topological polar surface area (TPSA) is 53.4 Å². The highest BCUT2D eigenvalue weighted by Gasteiger charge is 2.19. The average Bonchev–Trinajstić information content (AvgIpc) is 2.45. The van der Waals surface area contributed by atoms with E-state index >= 15 is 0 Å². The number of pyridine rings is 1. The lowest BCUT2D eigenvalue weighted by Crippen LogP contribution is -2.36. The molecule has 0 aliphatic carbocycles. The molecule has 0 unspecified atom stereocenters. The molecule has 0 fully saturated rings. The maximum atomic E-state index is 12.5. The first-order chi connectivity index (χ1) is 9.58. The second-order valence-corrected chi connectivity index (χ2v) is 4.94. The molecule has 4 nitrogen and oxygen atoms in total. The third-order valence-corrected chi connectivity index (χ3v) is 3.05. The van der Waals surface area contributed by atoms with Crippen LogP contribution in [0.2, 0.25) is 0 Å². The molecule has 20 heavy (non-hydrogen) atoms. The minimum absolute atomic E-state index is 0.000678. The van der Waals surface area contributed by atoms with Crippen LogP contribution < -0.4 is 0 Å². The molecule has 1 aromatic heterocycles. The van der Waals surface area contributed by atoms with E-state index in [2.05, 4.69) is 4.98 Å². The fraction of sp³-hybridized carbons (Fsp3) is 0.250. The molecule has 0 aliphatic heterocycles. The van der Waals surface area contributed by atoms with E-state index in [1.807, 2.05) is 44.2 Å². The van der Waals surface area contributed by atoms with E-state index in [0.717, 1.165) is 5.56 Å². The van der Waals surface area contributed by atoms with Crippen molar-refractivity contribution in [2.45, 2.75) is 26.4 Å². The van der Waals surface area contributed by atoms with E-state index in [0.29, 0.717) is 12.1 Å². The zero-order chi connectivity index (χ0) is 14.5. The molecule has 1 aromatic carbocycles. The number of amides is 1. The molecule has 2 rings (SSSR count). The molecule has 4 heteroatoms. The monoisotopic (exact) mass is 270 g/mol. The lowest BCUT2D eigenvalue weighted by molar-refractivity contribution is 0.0689. The van der Waals surface area contributed by atoms with Crippen molar-refractivity contribution < 1.29 is 9.90 Å². The first kappa shape index (κ1) is 14.1. The number of carbonyl (C=O) groups is 1. The van der Waals surface area contributed by atoms with Gasteiger partial charge in [-0.05, 0) is 25.5 Å². The molecule has 0 aliphatic rings. The maximum absolute atomic E-state index is 12.5. The third kappa shape index (κ3) is 3.35. The Balaban J connectivity index is 2.23. The average molecular weight is 270 g/mol. The molecular formula is C16H18N2O2. The number of nitrogens with zero attached hydrogens (tertiary/aromatic N) is 2. The van der Waals surface area contributed by atoms with Gasteiger partial charge in [0.1, 0.15) is 5.75 Å². The molecule has 1 N–H and O–H groups in total. The minimum atomic E-state index is -0.132. The summed E-state index contributed by atoms with van der Waals surface area (Å²) in [4.78, 5) is 18.1. The molecule has 0 bridgehead atoms. The van der Waals surface area contributed by atoms with Crippen molar-refractivity contribution in [3.8, 4) is 5.75 Å². The summed E-state index contributed by atoms with van der Waals surface area (Å²) in [6.45, 7) is 4.47. The molecule has 2 aromatic rings. The Hall–Kier alpha value is -2.36. The lowest BCUT2D eigenvalue weighted by Gasteiger charge is -2.27. The van der Waals surface area contributed by atoms with Crippen LogP contribution >= 0.6 is 0 Å². The Morgan fingerprint density at radius 2 is 1.95 bits per heavy atom. The van der Waals surface area contributed by atoms with Gasteiger partial charge in [-0.15, -0.1) is 0 Å². The molecule has 0 saturated carbocycles. The first-order valence-electron chi connectivity index (χ1n) is 6.57. The minimum Gasteiger partial charge on any atom is -0.506 e. The number of aromatic nitrogens is 1. The number of carbonyl (C=O) groups excluding carboxylic acids is 1. The predicted octanol–water partition coefficient (Wildman–Crippen LogP) is 2.84. The SMILES string of the molecule is CC(C)N(Cc1ccccc1)C(=O)c1cncc(O)c1. The summed E-state index contributed by atoms with van der Waals surface area (Å²) < 4.78 is 0. The third-order valence-electron chi connectivity index (χ3n) is 3.05. The van der Waals surface area contributed by atoms with Crippen molar-refractivity contribution in [2.24, 2.45) is 0 Å². The largest absolute Gasteiger partial charge is 0.506 e. The van der Waals surface area contributed by atoms with Crippen molar-refractivity contribution in [1.82, 2.24) is 9.88 Å². The summed E-state index contributed by atoms with van der Waals surface area (Å²) in [7, 11) is 0. The van der Waals surface area contributed by atoms with Crippen LogP contribution in [-0.4, -0.2) is 26.9 Å². The highest BCUT2D eigenvalue weighted by Crippen LogP contribution is 2.15. The number of benzene rings is 1. The fourth-order valence-corrected chi connectivity index (χ4v) is 1.98. The Morgan fingerprint density at radius 1 is 1.25 bits per heavy atom.